The van der Waals surface area contributed by atoms with Crippen molar-refractivity contribution in [1.82, 2.24) is 24.7 Å². The van der Waals surface area contributed by atoms with E-state index in [9.17, 15) is 0 Å². The Hall–Kier alpha value is -2.60. The van der Waals surface area contributed by atoms with Gasteiger partial charge in [-0.3, -0.25) is 4.68 Å². The van der Waals surface area contributed by atoms with Crippen molar-refractivity contribution in [3.05, 3.63) is 54.0 Å². The molecule has 0 saturated carbocycles. The Morgan fingerprint density at radius 1 is 1.14 bits per heavy atom. The molecule has 2 aromatic heterocycles. The Morgan fingerprint density at radius 3 is 2.83 bits per heavy atom. The summed E-state index contributed by atoms with van der Waals surface area (Å²) in [6, 6.07) is 8.21. The van der Waals surface area contributed by atoms with Crippen molar-refractivity contribution in [3.63, 3.8) is 0 Å². The van der Waals surface area contributed by atoms with Crippen LogP contribution in [0.3, 0.4) is 0 Å². The van der Waals surface area contributed by atoms with Crippen LogP contribution in [0.25, 0.3) is 16.7 Å². The minimum Gasteiger partial charge on any atom is -0.370 e. The number of likely N-dealkylation sites (tertiary alicyclic amines) is 1. The van der Waals surface area contributed by atoms with Crippen LogP contribution < -0.4 is 0 Å². The van der Waals surface area contributed by atoms with Crippen molar-refractivity contribution in [3.8, 4) is 0 Å². The third-order valence-electron chi connectivity index (χ3n) is 6.51. The van der Waals surface area contributed by atoms with Crippen molar-refractivity contribution >= 4 is 16.7 Å². The lowest BCUT2D eigenvalue weighted by Gasteiger charge is -2.33. The van der Waals surface area contributed by atoms with Gasteiger partial charge in [-0.25, -0.2) is 0 Å². The van der Waals surface area contributed by atoms with Crippen LogP contribution in [-0.2, 0) is 13.5 Å². The third kappa shape index (κ3) is 3.57. The monoisotopic (exact) mass is 391 g/mol. The number of para-hydroxylation sites is 1. The molecule has 0 aliphatic carbocycles. The lowest BCUT2D eigenvalue weighted by atomic mass is 9.91. The predicted octanol–water partition coefficient (Wildman–Crippen LogP) is 3.66. The number of rotatable bonds is 4. The quantitative estimate of drug-likeness (QED) is 0.679. The Balaban J connectivity index is 1.18. The van der Waals surface area contributed by atoms with Gasteiger partial charge in [-0.1, -0.05) is 23.9 Å². The molecular formula is C23H29N5O. The van der Waals surface area contributed by atoms with Crippen LogP contribution in [0.5, 0.6) is 0 Å². The number of hydrogen-bond donors (Lipinski definition) is 0. The van der Waals surface area contributed by atoms with E-state index in [1.807, 2.05) is 23.9 Å². The molecule has 0 unspecified atom stereocenters. The standard InChI is InChI=1S/C23H29N5O/c1-17-20-16-26(2)24-21(20)7-5-11-28(17)15-14-27-12-9-18(10-13-27)23-19-6-3-4-8-22(19)29-25-23/h3-4,6,8,16,18H,1,5,7,9-15H2,2H3. The molecule has 0 radical (unpaired) electrons. The van der Waals surface area contributed by atoms with Crippen LogP contribution in [0, 0.1) is 0 Å². The molecule has 0 bridgehead atoms. The van der Waals surface area contributed by atoms with E-state index < -0.39 is 0 Å². The second kappa shape index (κ2) is 7.67. The van der Waals surface area contributed by atoms with Gasteiger partial charge < -0.3 is 14.3 Å². The van der Waals surface area contributed by atoms with E-state index in [4.69, 9.17) is 4.52 Å². The van der Waals surface area contributed by atoms with Crippen molar-refractivity contribution < 1.29 is 4.52 Å². The zero-order valence-electron chi connectivity index (χ0n) is 17.2. The molecule has 6 nitrogen and oxygen atoms in total. The van der Waals surface area contributed by atoms with Gasteiger partial charge in [-0.2, -0.15) is 5.10 Å². The van der Waals surface area contributed by atoms with Gasteiger partial charge in [-0.05, 0) is 50.9 Å². The fraction of sp³-hybridized carbons (Fsp3) is 0.478. The van der Waals surface area contributed by atoms with Crippen molar-refractivity contribution in [1.29, 1.82) is 0 Å². The zero-order chi connectivity index (χ0) is 19.8. The van der Waals surface area contributed by atoms with E-state index in [0.717, 1.165) is 75.4 Å². The summed E-state index contributed by atoms with van der Waals surface area (Å²) < 4.78 is 7.44. The molecule has 5 rings (SSSR count). The minimum atomic E-state index is 0.501. The van der Waals surface area contributed by atoms with Crippen LogP contribution in [0.4, 0.5) is 0 Å². The molecule has 4 heterocycles. The second-order valence-electron chi connectivity index (χ2n) is 8.38. The van der Waals surface area contributed by atoms with Gasteiger partial charge in [0.15, 0.2) is 5.58 Å². The number of nitrogens with zero attached hydrogens (tertiary/aromatic N) is 5. The first-order valence-electron chi connectivity index (χ1n) is 10.7. The minimum absolute atomic E-state index is 0.501. The highest BCUT2D eigenvalue weighted by atomic mass is 16.5. The SMILES string of the molecule is C=C1c2cn(C)nc2CCCN1CCN1CCC(c2noc3ccccc23)CC1. The molecule has 1 fully saturated rings. The number of aromatic nitrogens is 3. The molecule has 1 aromatic carbocycles. The topological polar surface area (TPSA) is 50.3 Å². The second-order valence-corrected chi connectivity index (χ2v) is 8.38. The van der Waals surface area contributed by atoms with E-state index in [-0.39, 0.29) is 0 Å². The van der Waals surface area contributed by atoms with Crippen LogP contribution in [-0.4, -0.2) is 57.5 Å². The maximum absolute atomic E-state index is 5.52. The molecule has 2 aliphatic heterocycles. The molecule has 152 valence electrons. The fourth-order valence-corrected chi connectivity index (χ4v) is 4.84. The molecule has 0 spiro atoms. The summed E-state index contributed by atoms with van der Waals surface area (Å²) in [5.41, 5.74) is 5.60. The number of fused-ring (bicyclic) bond motifs is 2. The van der Waals surface area contributed by atoms with Crippen LogP contribution in [0.1, 0.15) is 42.1 Å². The van der Waals surface area contributed by atoms with Gasteiger partial charge in [0.05, 0.1) is 11.4 Å². The van der Waals surface area contributed by atoms with Crippen molar-refractivity contribution in [2.24, 2.45) is 7.05 Å². The summed E-state index contributed by atoms with van der Waals surface area (Å²) in [6.07, 6.45) is 6.59. The summed E-state index contributed by atoms with van der Waals surface area (Å²) >= 11 is 0. The van der Waals surface area contributed by atoms with E-state index in [0.29, 0.717) is 5.92 Å². The summed E-state index contributed by atoms with van der Waals surface area (Å²) in [5.74, 6) is 0.501. The maximum atomic E-state index is 5.52. The average molecular weight is 392 g/mol. The highest BCUT2D eigenvalue weighted by Gasteiger charge is 2.26. The number of hydrogen-bond acceptors (Lipinski definition) is 5. The van der Waals surface area contributed by atoms with Crippen molar-refractivity contribution in [2.45, 2.75) is 31.6 Å². The normalized spacial score (nSPS) is 18.9. The summed E-state index contributed by atoms with van der Waals surface area (Å²) in [4.78, 5) is 5.03. The van der Waals surface area contributed by atoms with Crippen LogP contribution in [0.2, 0.25) is 0 Å². The Kier molecular flexibility index (Phi) is 4.87. The zero-order valence-corrected chi connectivity index (χ0v) is 17.2. The van der Waals surface area contributed by atoms with E-state index in [1.54, 1.807) is 0 Å². The first-order valence-corrected chi connectivity index (χ1v) is 10.7. The number of piperidine rings is 1. The first-order chi connectivity index (χ1) is 14.2. The van der Waals surface area contributed by atoms with Gasteiger partial charge in [0.25, 0.3) is 0 Å². The summed E-state index contributed by atoms with van der Waals surface area (Å²) in [6.45, 7) is 9.80. The summed E-state index contributed by atoms with van der Waals surface area (Å²) in [5, 5.41) is 10.2. The van der Waals surface area contributed by atoms with E-state index in [2.05, 4.69) is 45.0 Å². The van der Waals surface area contributed by atoms with Crippen LogP contribution in [0.15, 0.2) is 41.6 Å². The number of aryl methyl sites for hydroxylation is 2. The van der Waals surface area contributed by atoms with Gasteiger partial charge in [-0.15, -0.1) is 0 Å². The molecule has 6 heteroatoms. The predicted molar refractivity (Wildman–Crippen MR) is 115 cm³/mol. The molecule has 2 aliphatic rings. The number of benzene rings is 1. The Bertz CT molecular complexity index is 1010. The third-order valence-corrected chi connectivity index (χ3v) is 6.51. The van der Waals surface area contributed by atoms with Gasteiger partial charge in [0, 0.05) is 55.4 Å². The highest BCUT2D eigenvalue weighted by molar-refractivity contribution is 5.79. The van der Waals surface area contributed by atoms with Gasteiger partial charge in [0.1, 0.15) is 0 Å². The smallest absolute Gasteiger partial charge is 0.167 e. The molecule has 29 heavy (non-hydrogen) atoms. The van der Waals surface area contributed by atoms with E-state index >= 15 is 0 Å². The lowest BCUT2D eigenvalue weighted by molar-refractivity contribution is 0.192. The first kappa shape index (κ1) is 18.4. The van der Waals surface area contributed by atoms with Gasteiger partial charge in [0.2, 0.25) is 0 Å². The lowest BCUT2D eigenvalue weighted by Crippen LogP contribution is -2.39. The average Bonchev–Trinajstić information content (AvgIpc) is 3.30. The van der Waals surface area contributed by atoms with Gasteiger partial charge >= 0.3 is 0 Å². The fourth-order valence-electron chi connectivity index (χ4n) is 4.84. The summed E-state index contributed by atoms with van der Waals surface area (Å²) in [7, 11) is 1.99. The largest absolute Gasteiger partial charge is 0.370 e. The Morgan fingerprint density at radius 2 is 1.97 bits per heavy atom. The molecule has 3 aromatic rings. The van der Waals surface area contributed by atoms with Crippen molar-refractivity contribution in [2.75, 3.05) is 32.7 Å². The highest BCUT2D eigenvalue weighted by Crippen LogP contribution is 2.32. The molecule has 0 N–H and O–H groups in total. The molecule has 0 amide bonds. The molecular weight excluding hydrogens is 362 g/mol. The Labute approximate surface area is 171 Å². The van der Waals surface area contributed by atoms with E-state index in [1.165, 1.54) is 16.6 Å². The molecule has 0 atom stereocenters. The maximum Gasteiger partial charge on any atom is 0.167 e. The molecule has 1 saturated heterocycles. The van der Waals surface area contributed by atoms with Crippen LogP contribution >= 0.6 is 0 Å².